The molecule has 1 aromatic carbocycles. The number of nitrogens with zero attached hydrogens (tertiary/aromatic N) is 2. The van der Waals surface area contributed by atoms with Gasteiger partial charge in [0.15, 0.2) is 0 Å². The summed E-state index contributed by atoms with van der Waals surface area (Å²) in [7, 11) is 0. The van der Waals surface area contributed by atoms with Crippen molar-refractivity contribution in [3.05, 3.63) is 30.3 Å². The first-order chi connectivity index (χ1) is 9.92. The zero-order valence-electron chi connectivity index (χ0n) is 11.5. The summed E-state index contributed by atoms with van der Waals surface area (Å²) in [5.74, 6) is 0.268. The topological polar surface area (TPSA) is 42.2 Å². The van der Waals surface area contributed by atoms with Crippen LogP contribution < -0.4 is 10.6 Å². The number of halogens is 3. The van der Waals surface area contributed by atoms with Gasteiger partial charge in [0, 0.05) is 6.54 Å². The van der Waals surface area contributed by atoms with Crippen molar-refractivity contribution in [1.82, 2.24) is 4.37 Å². The second-order valence-electron chi connectivity index (χ2n) is 4.65. The summed E-state index contributed by atoms with van der Waals surface area (Å²) in [6.45, 7) is 1.15. The van der Waals surface area contributed by atoms with Crippen LogP contribution in [0.4, 0.5) is 24.0 Å². The smallest absolute Gasteiger partial charge is 0.382 e. The van der Waals surface area contributed by atoms with Gasteiger partial charge in [0.1, 0.15) is 17.4 Å². The fourth-order valence-electron chi connectivity index (χ4n) is 2.12. The molecule has 0 aliphatic carbocycles. The minimum atomic E-state index is -4.26. The Kier molecular flexibility index (Phi) is 4.72. The number of hydrogen-bond acceptors (Lipinski definition) is 4. The molecule has 0 radical (unpaired) electrons. The van der Waals surface area contributed by atoms with Gasteiger partial charge in [0.25, 0.3) is 0 Å². The number of nitrogens with two attached hydrogens (primary N) is 1. The molecule has 3 nitrogen and oxygen atoms in total. The highest BCUT2D eigenvalue weighted by Gasteiger charge is 2.32. The van der Waals surface area contributed by atoms with E-state index in [-0.39, 0.29) is 5.82 Å². The van der Waals surface area contributed by atoms with Crippen LogP contribution in [0.5, 0.6) is 0 Å². The highest BCUT2D eigenvalue weighted by atomic mass is 32.1. The second-order valence-corrected chi connectivity index (χ2v) is 5.40. The number of alkyl halides is 3. The maximum absolute atomic E-state index is 12.8. The van der Waals surface area contributed by atoms with E-state index in [1.54, 1.807) is 0 Å². The number of nitrogen functional groups attached to an aromatic ring is 1. The maximum Gasteiger partial charge on any atom is 0.405 e. The Morgan fingerprint density at radius 3 is 2.48 bits per heavy atom. The van der Waals surface area contributed by atoms with E-state index in [1.165, 1.54) is 4.90 Å². The molecular weight excluding hydrogens is 299 g/mol. The number of hydrogen-bond donors (Lipinski definition) is 1. The summed E-state index contributed by atoms with van der Waals surface area (Å²) in [5, 5.41) is 0.470. The van der Waals surface area contributed by atoms with E-state index in [0.717, 1.165) is 17.1 Å². The van der Waals surface area contributed by atoms with Crippen molar-refractivity contribution in [3.8, 4) is 11.1 Å². The van der Waals surface area contributed by atoms with Crippen molar-refractivity contribution in [3.63, 3.8) is 0 Å². The Bertz CT molecular complexity index is 581. The molecule has 2 N–H and O–H groups in total. The van der Waals surface area contributed by atoms with Crippen LogP contribution in [-0.2, 0) is 0 Å². The van der Waals surface area contributed by atoms with E-state index >= 15 is 0 Å². The molecule has 21 heavy (non-hydrogen) atoms. The molecule has 0 amide bonds. The number of benzene rings is 1. The average Bonchev–Trinajstić information content (AvgIpc) is 2.80. The van der Waals surface area contributed by atoms with Crippen LogP contribution >= 0.6 is 11.5 Å². The predicted octanol–water partition coefficient (Wildman–Crippen LogP) is 4.17. The van der Waals surface area contributed by atoms with Crippen LogP contribution in [0.3, 0.4) is 0 Å². The van der Waals surface area contributed by atoms with Crippen LogP contribution in [0.1, 0.15) is 13.3 Å². The quantitative estimate of drug-likeness (QED) is 0.900. The fourth-order valence-corrected chi connectivity index (χ4v) is 2.99. The van der Waals surface area contributed by atoms with Gasteiger partial charge in [-0.25, -0.2) is 0 Å². The predicted molar refractivity (Wildman–Crippen MR) is 80.5 cm³/mol. The van der Waals surface area contributed by atoms with Crippen molar-refractivity contribution >= 4 is 22.4 Å². The molecule has 2 aromatic rings. The van der Waals surface area contributed by atoms with Crippen LogP contribution in [0.25, 0.3) is 11.1 Å². The zero-order chi connectivity index (χ0) is 15.5. The molecule has 2 rings (SSSR count). The van der Waals surface area contributed by atoms with E-state index in [1.807, 2.05) is 37.3 Å². The summed E-state index contributed by atoms with van der Waals surface area (Å²) in [6.07, 6.45) is -3.65. The van der Waals surface area contributed by atoms with Crippen molar-refractivity contribution in [2.45, 2.75) is 19.5 Å². The lowest BCUT2D eigenvalue weighted by molar-refractivity contribution is -0.119. The first-order valence-corrected chi connectivity index (χ1v) is 7.32. The van der Waals surface area contributed by atoms with E-state index in [0.29, 0.717) is 23.5 Å². The molecule has 0 bridgehead atoms. The standard InChI is InChI=1S/C14H16F3N3S/c1-2-8-20(9-14(15,16)17)13-11(12(18)19-21-13)10-6-4-3-5-7-10/h3-7H,2,8-9H2,1H3,(H2,18,19). The number of rotatable bonds is 5. The molecule has 1 heterocycles. The lowest BCUT2D eigenvalue weighted by atomic mass is 10.1. The van der Waals surface area contributed by atoms with Gasteiger partial charge >= 0.3 is 6.18 Å². The maximum atomic E-state index is 12.8. The van der Waals surface area contributed by atoms with E-state index in [4.69, 9.17) is 5.73 Å². The van der Waals surface area contributed by atoms with Gasteiger partial charge < -0.3 is 10.6 Å². The summed E-state index contributed by atoms with van der Waals surface area (Å²) < 4.78 is 42.3. The molecule has 0 spiro atoms. The minimum Gasteiger partial charge on any atom is -0.382 e. The Morgan fingerprint density at radius 1 is 1.24 bits per heavy atom. The fraction of sp³-hybridized carbons (Fsp3) is 0.357. The van der Waals surface area contributed by atoms with Crippen molar-refractivity contribution in [1.29, 1.82) is 0 Å². The van der Waals surface area contributed by atoms with Crippen molar-refractivity contribution in [2.24, 2.45) is 0 Å². The highest BCUT2D eigenvalue weighted by Crippen LogP contribution is 2.40. The largest absolute Gasteiger partial charge is 0.405 e. The van der Waals surface area contributed by atoms with Gasteiger partial charge in [-0.05, 0) is 23.5 Å². The average molecular weight is 315 g/mol. The molecule has 0 atom stereocenters. The van der Waals surface area contributed by atoms with Crippen molar-refractivity contribution in [2.75, 3.05) is 23.7 Å². The third-order valence-electron chi connectivity index (χ3n) is 2.91. The molecule has 0 aliphatic heterocycles. The summed E-state index contributed by atoms with van der Waals surface area (Å²) in [6, 6.07) is 9.13. The molecule has 114 valence electrons. The molecule has 0 saturated carbocycles. The molecule has 0 saturated heterocycles. The molecule has 7 heteroatoms. The van der Waals surface area contributed by atoms with Gasteiger partial charge in [-0.3, -0.25) is 0 Å². The third-order valence-corrected chi connectivity index (χ3v) is 3.84. The minimum absolute atomic E-state index is 0.268. The molecule has 0 unspecified atom stereocenters. The molecule has 0 aliphatic rings. The lowest BCUT2D eigenvalue weighted by Crippen LogP contribution is -2.34. The third kappa shape index (κ3) is 3.87. The molecular formula is C14H16F3N3S. The van der Waals surface area contributed by atoms with Gasteiger partial charge in [-0.1, -0.05) is 37.3 Å². The normalized spacial score (nSPS) is 11.6. The van der Waals surface area contributed by atoms with Crippen LogP contribution in [0.2, 0.25) is 0 Å². The summed E-state index contributed by atoms with van der Waals surface area (Å²) >= 11 is 1.01. The molecule has 1 aromatic heterocycles. The van der Waals surface area contributed by atoms with E-state index in [2.05, 4.69) is 4.37 Å². The van der Waals surface area contributed by atoms with E-state index < -0.39 is 12.7 Å². The second kappa shape index (κ2) is 6.34. The van der Waals surface area contributed by atoms with Crippen LogP contribution in [0.15, 0.2) is 30.3 Å². The number of aromatic nitrogens is 1. The van der Waals surface area contributed by atoms with E-state index in [9.17, 15) is 13.2 Å². The Hall–Kier alpha value is -1.76. The van der Waals surface area contributed by atoms with Gasteiger partial charge in [-0.2, -0.15) is 17.5 Å². The number of anilines is 2. The summed E-state index contributed by atoms with van der Waals surface area (Å²) in [5.41, 5.74) is 7.22. The van der Waals surface area contributed by atoms with Crippen LogP contribution in [-0.4, -0.2) is 23.6 Å². The highest BCUT2D eigenvalue weighted by molar-refractivity contribution is 7.11. The lowest BCUT2D eigenvalue weighted by Gasteiger charge is -2.24. The monoisotopic (exact) mass is 315 g/mol. The first-order valence-electron chi connectivity index (χ1n) is 6.54. The van der Waals surface area contributed by atoms with Crippen molar-refractivity contribution < 1.29 is 13.2 Å². The van der Waals surface area contributed by atoms with Gasteiger partial charge in [-0.15, -0.1) is 0 Å². The zero-order valence-corrected chi connectivity index (χ0v) is 12.3. The Labute approximate surface area is 125 Å². The Balaban J connectivity index is 2.42. The molecule has 0 fully saturated rings. The summed E-state index contributed by atoms with van der Waals surface area (Å²) in [4.78, 5) is 1.30. The van der Waals surface area contributed by atoms with Crippen LogP contribution in [0, 0.1) is 0 Å². The Morgan fingerprint density at radius 2 is 1.90 bits per heavy atom. The van der Waals surface area contributed by atoms with Gasteiger partial charge in [0.2, 0.25) is 0 Å². The van der Waals surface area contributed by atoms with Gasteiger partial charge in [0.05, 0.1) is 5.56 Å². The first kappa shape index (κ1) is 15.6. The SMILES string of the molecule is CCCN(CC(F)(F)F)c1snc(N)c1-c1ccccc1.